The molecule has 0 spiro atoms. The van der Waals surface area contributed by atoms with Crippen molar-refractivity contribution in [2.45, 2.75) is 11.8 Å². The number of hydrogen-bond acceptors (Lipinski definition) is 4. The summed E-state index contributed by atoms with van der Waals surface area (Å²) >= 11 is 0. The highest BCUT2D eigenvalue weighted by Crippen LogP contribution is 2.22. The number of hydrogen-bond donors (Lipinski definition) is 0. The fourth-order valence-corrected chi connectivity index (χ4v) is 1.79. The van der Waals surface area contributed by atoms with Crippen molar-refractivity contribution in [3.05, 3.63) is 45.9 Å². The van der Waals surface area contributed by atoms with Gasteiger partial charge in [-0.3, -0.25) is 10.1 Å². The summed E-state index contributed by atoms with van der Waals surface area (Å²) in [5.41, 5.74) is 0.209. The smallest absolute Gasteiger partial charge is 0.258 e. The quantitative estimate of drug-likeness (QED) is 0.583. The average Bonchev–Trinajstić information content (AvgIpc) is 2.17. The van der Waals surface area contributed by atoms with Crippen LogP contribution in [0.3, 0.4) is 0 Å². The Bertz CT molecular complexity index is 519. The van der Waals surface area contributed by atoms with Crippen LogP contribution in [0, 0.1) is 17.0 Å². The van der Waals surface area contributed by atoms with E-state index < -0.39 is 14.8 Å². The summed E-state index contributed by atoms with van der Waals surface area (Å²) in [4.78, 5) is 9.84. The van der Waals surface area contributed by atoms with Gasteiger partial charge in [0.15, 0.2) is 9.84 Å². The lowest BCUT2D eigenvalue weighted by molar-refractivity contribution is -0.385. The van der Waals surface area contributed by atoms with Crippen LogP contribution in [-0.4, -0.2) is 13.3 Å². The molecule has 0 saturated carbocycles. The van der Waals surface area contributed by atoms with Crippen LogP contribution in [-0.2, 0) is 9.84 Å². The summed E-state index contributed by atoms with van der Waals surface area (Å²) < 4.78 is 22.7. The van der Waals surface area contributed by atoms with Gasteiger partial charge in [0.25, 0.3) is 5.69 Å². The average molecular weight is 227 g/mol. The fourth-order valence-electron chi connectivity index (χ4n) is 1.06. The first-order valence-corrected chi connectivity index (χ1v) is 5.55. The number of benzene rings is 1. The molecule has 1 rings (SSSR count). The Morgan fingerprint density at radius 1 is 1.47 bits per heavy atom. The highest BCUT2D eigenvalue weighted by Gasteiger charge is 2.16. The van der Waals surface area contributed by atoms with Gasteiger partial charge >= 0.3 is 0 Å². The summed E-state index contributed by atoms with van der Waals surface area (Å²) in [5.74, 6) is 0. The maximum absolute atomic E-state index is 11.3. The van der Waals surface area contributed by atoms with Crippen LogP contribution in [0.5, 0.6) is 0 Å². The van der Waals surface area contributed by atoms with Crippen molar-refractivity contribution in [2.24, 2.45) is 0 Å². The lowest BCUT2D eigenvalue weighted by Gasteiger charge is -2.00. The first-order chi connectivity index (χ1) is 6.88. The third kappa shape index (κ3) is 2.21. The standard InChI is InChI=1S/C9H9NO4S/c1-3-15(13,14)8-5-4-7(2)9(6-8)10(11)12/h3-6H,1H2,2H3. The molecule has 80 valence electrons. The van der Waals surface area contributed by atoms with Crippen LogP contribution in [0.1, 0.15) is 5.56 Å². The third-order valence-corrected chi connectivity index (χ3v) is 3.28. The van der Waals surface area contributed by atoms with Gasteiger partial charge < -0.3 is 0 Å². The van der Waals surface area contributed by atoms with Crippen LogP contribution in [0.2, 0.25) is 0 Å². The van der Waals surface area contributed by atoms with Crippen LogP contribution >= 0.6 is 0 Å². The molecule has 0 saturated heterocycles. The molecule has 0 aromatic heterocycles. The Labute approximate surface area is 87.1 Å². The van der Waals surface area contributed by atoms with Gasteiger partial charge in [-0.05, 0) is 13.0 Å². The van der Waals surface area contributed by atoms with E-state index in [4.69, 9.17) is 0 Å². The van der Waals surface area contributed by atoms with Gasteiger partial charge in [0.1, 0.15) is 0 Å². The van der Waals surface area contributed by atoms with Crippen LogP contribution in [0.4, 0.5) is 5.69 Å². The van der Waals surface area contributed by atoms with Crippen LogP contribution in [0.25, 0.3) is 0 Å². The SMILES string of the molecule is C=CS(=O)(=O)c1ccc(C)c([N+](=O)[O-])c1. The fraction of sp³-hybridized carbons (Fsp3) is 0.111. The second-order valence-corrected chi connectivity index (χ2v) is 4.81. The summed E-state index contributed by atoms with van der Waals surface area (Å²) in [6.07, 6.45) is 0. The lowest BCUT2D eigenvalue weighted by atomic mass is 10.2. The zero-order chi connectivity index (χ0) is 11.6. The number of aryl methyl sites for hydroxylation is 1. The predicted octanol–water partition coefficient (Wildman–Crippen LogP) is 1.82. The van der Waals surface area contributed by atoms with Crippen LogP contribution in [0.15, 0.2) is 35.1 Å². The second kappa shape index (κ2) is 3.82. The molecule has 0 atom stereocenters. The van der Waals surface area contributed by atoms with E-state index in [0.717, 1.165) is 11.5 Å². The molecule has 6 heteroatoms. The predicted molar refractivity (Wildman–Crippen MR) is 55.2 cm³/mol. The van der Waals surface area contributed by atoms with Gasteiger partial charge in [0, 0.05) is 17.0 Å². The minimum atomic E-state index is -3.61. The monoisotopic (exact) mass is 227 g/mol. The van der Waals surface area contributed by atoms with E-state index in [9.17, 15) is 18.5 Å². The Hall–Kier alpha value is -1.69. The molecule has 0 fully saturated rings. The van der Waals surface area contributed by atoms with Crippen molar-refractivity contribution in [3.8, 4) is 0 Å². The number of sulfone groups is 1. The molecule has 0 unspecified atom stereocenters. The molecule has 0 bridgehead atoms. The van der Waals surface area contributed by atoms with Gasteiger partial charge in [0.2, 0.25) is 0 Å². The molecule has 0 N–H and O–H groups in total. The van der Waals surface area contributed by atoms with Crippen LogP contribution < -0.4 is 0 Å². The maximum Gasteiger partial charge on any atom is 0.273 e. The van der Waals surface area contributed by atoms with Gasteiger partial charge in [0.05, 0.1) is 9.82 Å². The number of nitro benzene ring substituents is 1. The van der Waals surface area contributed by atoms with E-state index in [1.54, 1.807) is 6.92 Å². The molecule has 0 aliphatic heterocycles. The van der Waals surface area contributed by atoms with E-state index in [0.29, 0.717) is 5.56 Å². The molecule has 0 amide bonds. The normalized spacial score (nSPS) is 11.0. The van der Waals surface area contributed by atoms with E-state index in [-0.39, 0.29) is 10.6 Å². The van der Waals surface area contributed by atoms with Crippen molar-refractivity contribution >= 4 is 15.5 Å². The van der Waals surface area contributed by atoms with Gasteiger partial charge in [-0.25, -0.2) is 8.42 Å². The Kier molecular flexibility index (Phi) is 2.90. The molecule has 1 aromatic rings. The van der Waals surface area contributed by atoms with E-state index >= 15 is 0 Å². The Morgan fingerprint density at radius 2 is 2.07 bits per heavy atom. The highest BCUT2D eigenvalue weighted by atomic mass is 32.2. The molecular formula is C9H9NO4S. The topological polar surface area (TPSA) is 77.3 Å². The first kappa shape index (κ1) is 11.4. The summed E-state index contributed by atoms with van der Waals surface area (Å²) in [6.45, 7) is 4.69. The minimum Gasteiger partial charge on any atom is -0.258 e. The largest absolute Gasteiger partial charge is 0.273 e. The first-order valence-electron chi connectivity index (χ1n) is 4.01. The summed E-state index contributed by atoms with van der Waals surface area (Å²) in [7, 11) is -3.61. The molecule has 0 radical (unpaired) electrons. The van der Waals surface area contributed by atoms with E-state index in [1.807, 2.05) is 0 Å². The van der Waals surface area contributed by atoms with Crippen molar-refractivity contribution in [3.63, 3.8) is 0 Å². The number of nitro groups is 1. The Morgan fingerprint density at radius 3 is 2.53 bits per heavy atom. The zero-order valence-electron chi connectivity index (χ0n) is 8.00. The summed E-state index contributed by atoms with van der Waals surface area (Å²) in [6, 6.07) is 3.75. The molecule has 1 aromatic carbocycles. The van der Waals surface area contributed by atoms with Gasteiger partial charge in [-0.15, -0.1) is 0 Å². The van der Waals surface area contributed by atoms with E-state index in [1.165, 1.54) is 12.1 Å². The highest BCUT2D eigenvalue weighted by molar-refractivity contribution is 7.94. The molecule has 0 heterocycles. The molecule has 0 aliphatic carbocycles. The Balaban J connectivity index is 3.44. The molecular weight excluding hydrogens is 218 g/mol. The minimum absolute atomic E-state index is 0.116. The third-order valence-electron chi connectivity index (χ3n) is 1.93. The molecule has 15 heavy (non-hydrogen) atoms. The van der Waals surface area contributed by atoms with Gasteiger partial charge in [-0.1, -0.05) is 12.6 Å². The summed E-state index contributed by atoms with van der Waals surface area (Å²) in [5, 5.41) is 11.3. The maximum atomic E-state index is 11.3. The van der Waals surface area contributed by atoms with Gasteiger partial charge in [-0.2, -0.15) is 0 Å². The molecule has 0 aliphatic rings. The zero-order valence-corrected chi connectivity index (χ0v) is 8.82. The number of rotatable bonds is 3. The van der Waals surface area contributed by atoms with E-state index in [2.05, 4.69) is 6.58 Å². The van der Waals surface area contributed by atoms with Crippen molar-refractivity contribution < 1.29 is 13.3 Å². The second-order valence-electron chi connectivity index (χ2n) is 2.92. The van der Waals surface area contributed by atoms with Crippen molar-refractivity contribution in [2.75, 3.05) is 0 Å². The van der Waals surface area contributed by atoms with Crippen molar-refractivity contribution in [1.82, 2.24) is 0 Å². The number of nitrogens with zero attached hydrogens (tertiary/aromatic N) is 1. The lowest BCUT2D eigenvalue weighted by Crippen LogP contribution is -1.98. The van der Waals surface area contributed by atoms with Crippen molar-refractivity contribution in [1.29, 1.82) is 0 Å². The molecule has 5 nitrogen and oxygen atoms in total.